The highest BCUT2D eigenvalue weighted by Gasteiger charge is 2.25. The molecule has 1 aliphatic rings. The molecule has 0 fully saturated rings. The molecule has 3 N–H and O–H groups in total. The van der Waals surface area contributed by atoms with Crippen molar-refractivity contribution < 1.29 is 0 Å². The van der Waals surface area contributed by atoms with Gasteiger partial charge in [-0.05, 0) is 107 Å². The fraction of sp³-hybridized carbons (Fsp3) is 0.179. The third-order valence-electron chi connectivity index (χ3n) is 9.28. The van der Waals surface area contributed by atoms with E-state index >= 15 is 0 Å². The number of fused-ring (bicyclic) bond motifs is 7. The minimum absolute atomic E-state index is 0.304. The average molecular weight is 610 g/mol. The van der Waals surface area contributed by atoms with Crippen LogP contribution in [0.25, 0.3) is 65.6 Å². The van der Waals surface area contributed by atoms with E-state index in [2.05, 4.69) is 120 Å². The van der Waals surface area contributed by atoms with Crippen LogP contribution in [0.2, 0.25) is 0 Å². The Morgan fingerprint density at radius 1 is 0.955 bits per heavy atom. The van der Waals surface area contributed by atoms with Crippen molar-refractivity contribution in [2.45, 2.75) is 45.6 Å². The van der Waals surface area contributed by atoms with Crippen molar-refractivity contribution >= 4 is 99.8 Å². The maximum absolute atomic E-state index is 7.13. The largest absolute Gasteiger partial charge is 0.383 e. The van der Waals surface area contributed by atoms with Crippen LogP contribution in [-0.2, 0) is 6.42 Å². The molecule has 3 aromatic carbocycles. The molecule has 218 valence electrons. The van der Waals surface area contributed by atoms with Crippen LogP contribution in [0.15, 0.2) is 84.3 Å². The Morgan fingerprint density at radius 2 is 1.80 bits per heavy atom. The molecule has 1 unspecified atom stereocenters. The number of hydrogen-bond acceptors (Lipinski definition) is 4. The first-order valence-electron chi connectivity index (χ1n) is 15.5. The molecule has 0 bridgehead atoms. The van der Waals surface area contributed by atoms with Gasteiger partial charge in [0.1, 0.15) is 5.82 Å². The molecule has 3 nitrogen and oxygen atoms in total. The van der Waals surface area contributed by atoms with Gasteiger partial charge in [-0.2, -0.15) is 0 Å². The van der Waals surface area contributed by atoms with Crippen molar-refractivity contribution in [2.75, 3.05) is 11.1 Å². The molecular weight excluding hydrogens is 575 g/mol. The second-order valence-electron chi connectivity index (χ2n) is 11.9. The van der Waals surface area contributed by atoms with Crippen molar-refractivity contribution in [3.05, 3.63) is 105 Å². The highest BCUT2D eigenvalue weighted by molar-refractivity contribution is 7.19. The van der Waals surface area contributed by atoms with E-state index in [1.165, 1.54) is 63.4 Å². The third kappa shape index (κ3) is 4.21. The second-order valence-corrected chi connectivity index (χ2v) is 14.0. The van der Waals surface area contributed by atoms with E-state index < -0.39 is 0 Å². The second kappa shape index (κ2) is 10.7. The van der Waals surface area contributed by atoms with Gasteiger partial charge in [-0.1, -0.05) is 62.1 Å². The van der Waals surface area contributed by atoms with Crippen molar-refractivity contribution in [3.63, 3.8) is 0 Å². The predicted octanol–water partition coefficient (Wildman–Crippen LogP) is 10.6. The Labute approximate surface area is 265 Å². The Morgan fingerprint density at radius 3 is 2.66 bits per heavy atom. The quantitative estimate of drug-likeness (QED) is 0.184. The van der Waals surface area contributed by atoms with Gasteiger partial charge in [0.05, 0.1) is 16.7 Å². The summed E-state index contributed by atoms with van der Waals surface area (Å²) >= 11 is 3.68. The molecule has 0 spiro atoms. The first-order valence-corrected chi connectivity index (χ1v) is 17.2. The molecule has 5 heteroatoms. The monoisotopic (exact) mass is 609 g/mol. The number of benzene rings is 3. The number of rotatable bonds is 6. The first kappa shape index (κ1) is 27.2. The molecule has 0 radical (unpaired) electrons. The van der Waals surface area contributed by atoms with Crippen LogP contribution in [0.3, 0.4) is 0 Å². The van der Waals surface area contributed by atoms with Crippen molar-refractivity contribution in [1.29, 1.82) is 0 Å². The lowest BCUT2D eigenvalue weighted by Gasteiger charge is -2.18. The summed E-state index contributed by atoms with van der Waals surface area (Å²) < 4.78 is 4.86. The van der Waals surface area contributed by atoms with Crippen molar-refractivity contribution in [2.24, 2.45) is 0 Å². The zero-order valence-corrected chi connectivity index (χ0v) is 26.7. The van der Waals surface area contributed by atoms with Crippen LogP contribution >= 0.6 is 22.7 Å². The van der Waals surface area contributed by atoms with Crippen LogP contribution in [0.4, 0.5) is 11.5 Å². The first-order chi connectivity index (χ1) is 21.6. The Hall–Kier alpha value is -4.32. The van der Waals surface area contributed by atoms with Gasteiger partial charge in [-0.25, -0.2) is 0 Å². The smallest absolute Gasteiger partial charge is 0.132 e. The molecule has 1 atom stereocenters. The van der Waals surface area contributed by atoms with Gasteiger partial charge in [0.25, 0.3) is 0 Å². The number of hydrogen-bond donors (Lipinski definition) is 2. The normalized spacial score (nSPS) is 14.3. The number of nitrogens with zero attached hydrogens (tertiary/aromatic N) is 1. The fourth-order valence-corrected chi connectivity index (χ4v) is 8.98. The highest BCUT2D eigenvalue weighted by atomic mass is 32.1. The van der Waals surface area contributed by atoms with Gasteiger partial charge in [-0.15, -0.1) is 22.7 Å². The topological polar surface area (TPSA) is 42.5 Å². The lowest BCUT2D eigenvalue weighted by Crippen LogP contribution is -2.18. The number of thiophene rings is 1. The fourth-order valence-electron chi connectivity index (χ4n) is 6.98. The lowest BCUT2D eigenvalue weighted by molar-refractivity contribution is 0.706. The van der Waals surface area contributed by atoms with Crippen LogP contribution in [0, 0.1) is 0 Å². The van der Waals surface area contributed by atoms with Gasteiger partial charge in [0, 0.05) is 36.5 Å². The van der Waals surface area contributed by atoms with Crippen LogP contribution in [0.5, 0.6) is 0 Å². The molecule has 1 aliphatic carbocycles. The highest BCUT2D eigenvalue weighted by Crippen LogP contribution is 2.46. The van der Waals surface area contributed by atoms with Gasteiger partial charge in [0.15, 0.2) is 0 Å². The molecule has 0 saturated carbocycles. The Bertz CT molecular complexity index is 2380. The van der Waals surface area contributed by atoms with Crippen LogP contribution in [-0.4, -0.2) is 10.4 Å². The summed E-state index contributed by atoms with van der Waals surface area (Å²) in [6, 6.07) is 24.8. The minimum Gasteiger partial charge on any atom is -0.383 e. The summed E-state index contributed by atoms with van der Waals surface area (Å²) in [6.07, 6.45) is 10.9. The van der Waals surface area contributed by atoms with E-state index in [0.717, 1.165) is 47.9 Å². The molecule has 8 rings (SSSR count). The summed E-state index contributed by atoms with van der Waals surface area (Å²) in [6.45, 7) is 8.74. The molecule has 0 amide bonds. The van der Waals surface area contributed by atoms with Crippen molar-refractivity contribution in [3.8, 4) is 0 Å². The Kier molecular flexibility index (Phi) is 6.62. The maximum atomic E-state index is 7.13. The summed E-state index contributed by atoms with van der Waals surface area (Å²) in [5, 5.41) is 13.3. The Balaban J connectivity index is 1.43. The van der Waals surface area contributed by atoms with E-state index in [4.69, 9.17) is 5.73 Å². The number of allylic oxidation sites excluding steroid dienone is 2. The minimum atomic E-state index is 0.304. The number of anilines is 2. The van der Waals surface area contributed by atoms with Gasteiger partial charge >= 0.3 is 0 Å². The summed E-state index contributed by atoms with van der Waals surface area (Å²) in [4.78, 5) is 1.50. The standard InChI is InChI=1S/C39H35N3S2/c1-4-6-12-26(5-2)41-37-32-20-25(24-15-16-35-30(18-24)27-13-7-8-14-34(27)44-35)19-31-29-21-28-23(3)11-9-10-17-43-36(28)22-33(29)42(38(31)32)39(37)40/h4,6-11,13-14,17-22,26,41H,3,5,12,15-16,40H2,1-2H3/b6-4-,11-9?,17-10?. The number of aryl methyl sites for hydroxylation is 1. The zero-order valence-electron chi connectivity index (χ0n) is 25.1. The molecule has 4 aromatic heterocycles. The number of nitrogens with one attached hydrogen (secondary N) is 1. The number of aromatic nitrogens is 1. The average Bonchev–Trinajstić information content (AvgIpc) is 3.66. The third-order valence-corrected chi connectivity index (χ3v) is 11.4. The van der Waals surface area contributed by atoms with E-state index in [1.807, 2.05) is 11.3 Å². The lowest BCUT2D eigenvalue weighted by atomic mass is 9.90. The van der Waals surface area contributed by atoms with Crippen molar-refractivity contribution in [1.82, 2.24) is 4.40 Å². The van der Waals surface area contributed by atoms with Gasteiger partial charge in [0.2, 0.25) is 0 Å². The van der Waals surface area contributed by atoms with E-state index in [0.29, 0.717) is 6.04 Å². The van der Waals surface area contributed by atoms with Crippen LogP contribution < -0.4 is 16.3 Å². The summed E-state index contributed by atoms with van der Waals surface area (Å²) in [5.74, 6) is 0.782. The number of nitrogens with two attached hydrogens (primary N) is 1. The summed E-state index contributed by atoms with van der Waals surface area (Å²) in [7, 11) is 0. The van der Waals surface area contributed by atoms with Gasteiger partial charge < -0.3 is 11.1 Å². The molecule has 0 aliphatic heterocycles. The molecular formula is C39H35N3S2. The predicted molar refractivity (Wildman–Crippen MR) is 197 cm³/mol. The van der Waals surface area contributed by atoms with E-state index in [-0.39, 0.29) is 0 Å². The molecule has 0 saturated heterocycles. The van der Waals surface area contributed by atoms with Gasteiger partial charge in [-0.3, -0.25) is 4.40 Å². The van der Waals surface area contributed by atoms with E-state index in [1.54, 1.807) is 11.3 Å². The zero-order chi connectivity index (χ0) is 29.9. The maximum Gasteiger partial charge on any atom is 0.132 e. The molecule has 7 aromatic rings. The molecule has 4 heterocycles. The number of nitrogen functional groups attached to an aromatic ring is 1. The van der Waals surface area contributed by atoms with Crippen LogP contribution in [0.1, 0.15) is 49.1 Å². The van der Waals surface area contributed by atoms with E-state index in [9.17, 15) is 0 Å². The SMILES string of the molecule is C=c1ccccsc2cc3c(cc12)c1cc(C2=Cc4c(sc5ccccc45)CC2)cc2c(NC(CC)C/C=C\C)c(N)n3c21. The molecule has 44 heavy (non-hydrogen) atoms. The summed E-state index contributed by atoms with van der Waals surface area (Å²) in [5.41, 5.74) is 14.6.